The second-order valence-corrected chi connectivity index (χ2v) is 20.5. The molecule has 0 unspecified atom stereocenters. The summed E-state index contributed by atoms with van der Waals surface area (Å²) in [6, 6.07) is 58.2. The van der Waals surface area contributed by atoms with Gasteiger partial charge in [0.15, 0.2) is 5.58 Å². The Morgan fingerprint density at radius 3 is 2.12 bits per heavy atom. The molecular formula is C52H39IrN3O2Si-2. The molecule has 0 amide bonds. The standard InChI is InChI=1S/C38H23N2O2.C14H16NSi.Ir/c1-23-17-19-24(20-18-23)25-21-22-29(37-35(25)28-10-3-7-16-34(28)42-37)38-39-30-12-4-5-13-31(30)40(38)32-14-8-11-27-26-9-2-6-15-33(26)41-36(27)32;1-16(2,3)13-9-10-14(15-11-13)12-7-5-4-6-8-12;/h2-21H,1H3;4-7,9-11H,1-3H3;/q2*-1;/i1D3;;. The molecule has 0 N–H and O–H groups in total. The molecule has 0 spiro atoms. The Morgan fingerprint density at radius 1 is 0.661 bits per heavy atom. The summed E-state index contributed by atoms with van der Waals surface area (Å²) in [6.07, 6.45) is 2.02. The largest absolute Gasteiger partial charge is 0.501 e. The summed E-state index contributed by atoms with van der Waals surface area (Å²) in [5.74, 6) is 0.678. The van der Waals surface area contributed by atoms with Crippen LogP contribution in [0.4, 0.5) is 0 Å². The van der Waals surface area contributed by atoms with E-state index in [1.54, 1.807) is 12.1 Å². The van der Waals surface area contributed by atoms with E-state index in [-0.39, 0.29) is 20.1 Å². The minimum atomic E-state index is -2.17. The molecule has 0 aliphatic rings. The van der Waals surface area contributed by atoms with E-state index in [1.807, 2.05) is 115 Å². The zero-order valence-electron chi connectivity index (χ0n) is 35.6. The van der Waals surface area contributed by atoms with Crippen LogP contribution in [0.2, 0.25) is 19.6 Å². The van der Waals surface area contributed by atoms with Crippen molar-refractivity contribution in [3.63, 3.8) is 0 Å². The van der Waals surface area contributed by atoms with Gasteiger partial charge in [0.1, 0.15) is 11.2 Å². The zero-order valence-corrected chi connectivity index (χ0v) is 36.0. The second kappa shape index (κ2) is 15.4. The van der Waals surface area contributed by atoms with E-state index in [0.717, 1.165) is 77.4 Å². The predicted molar refractivity (Wildman–Crippen MR) is 242 cm³/mol. The molecule has 5 nitrogen and oxygen atoms in total. The third-order valence-corrected chi connectivity index (χ3v) is 12.7. The number of rotatable bonds is 5. The Balaban J connectivity index is 0.000000244. The van der Waals surface area contributed by atoms with Gasteiger partial charge in [-0.15, -0.1) is 48.0 Å². The number of furan rings is 2. The van der Waals surface area contributed by atoms with Gasteiger partial charge >= 0.3 is 0 Å². The third-order valence-electron chi connectivity index (χ3n) is 10.7. The average Bonchev–Trinajstić information content (AvgIpc) is 3.98. The molecule has 0 bridgehead atoms. The van der Waals surface area contributed by atoms with Crippen LogP contribution in [0.25, 0.3) is 94.4 Å². The molecule has 0 aliphatic heterocycles. The van der Waals surface area contributed by atoms with Crippen molar-refractivity contribution in [1.29, 1.82) is 0 Å². The van der Waals surface area contributed by atoms with E-state index in [1.165, 1.54) is 5.19 Å². The van der Waals surface area contributed by atoms with Crippen LogP contribution in [0.5, 0.6) is 0 Å². The smallest absolute Gasteiger partial charge is 0.158 e. The number of pyridine rings is 1. The molecular weight excluding hydrogens is 919 g/mol. The van der Waals surface area contributed by atoms with Gasteiger partial charge in [-0.05, 0) is 53.5 Å². The van der Waals surface area contributed by atoms with Gasteiger partial charge in [0, 0.05) is 46.6 Å². The van der Waals surface area contributed by atoms with E-state index in [2.05, 4.69) is 77.7 Å². The van der Waals surface area contributed by atoms with Gasteiger partial charge in [-0.2, -0.15) is 0 Å². The number of hydrogen-bond donors (Lipinski definition) is 0. The fourth-order valence-electron chi connectivity index (χ4n) is 7.71. The van der Waals surface area contributed by atoms with Crippen molar-refractivity contribution in [1.82, 2.24) is 14.5 Å². The van der Waals surface area contributed by atoms with E-state index < -0.39 is 14.9 Å². The van der Waals surface area contributed by atoms with E-state index in [0.29, 0.717) is 22.5 Å². The minimum Gasteiger partial charge on any atom is -0.501 e. The van der Waals surface area contributed by atoms with Crippen molar-refractivity contribution in [3.8, 4) is 39.5 Å². The summed E-state index contributed by atoms with van der Waals surface area (Å²) < 4.78 is 38.6. The molecule has 59 heavy (non-hydrogen) atoms. The maximum atomic E-state index is 7.80. The van der Waals surface area contributed by atoms with Gasteiger partial charge in [-0.1, -0.05) is 139 Å². The molecule has 1 radical (unpaired) electrons. The summed E-state index contributed by atoms with van der Waals surface area (Å²) in [6.45, 7) is 4.82. The molecule has 0 saturated carbocycles. The first-order chi connectivity index (χ1) is 29.5. The topological polar surface area (TPSA) is 57.0 Å². The molecule has 4 heterocycles. The van der Waals surface area contributed by atoms with Crippen LogP contribution in [0, 0.1) is 19.0 Å². The Hall–Kier alpha value is -6.37. The Labute approximate surface area is 361 Å². The van der Waals surface area contributed by atoms with E-state index in [9.17, 15) is 0 Å². The van der Waals surface area contributed by atoms with Gasteiger partial charge in [-0.3, -0.25) is 4.98 Å². The minimum absolute atomic E-state index is 0. The van der Waals surface area contributed by atoms with Gasteiger partial charge in [0.05, 0.1) is 36.2 Å². The van der Waals surface area contributed by atoms with Crippen LogP contribution in [0.1, 0.15) is 9.68 Å². The molecule has 11 aromatic rings. The zero-order chi connectivity index (χ0) is 41.9. The number of nitrogens with zero attached hydrogens (tertiary/aromatic N) is 3. The molecule has 289 valence electrons. The van der Waals surface area contributed by atoms with Crippen molar-refractivity contribution >= 4 is 68.2 Å². The number of fused-ring (bicyclic) bond motifs is 7. The molecule has 7 heteroatoms. The van der Waals surface area contributed by atoms with Gasteiger partial charge in [0.2, 0.25) is 0 Å². The number of aryl methyl sites for hydroxylation is 1. The number of hydrogen-bond acceptors (Lipinski definition) is 4. The quantitative estimate of drug-likeness (QED) is 0.127. The first kappa shape index (κ1) is 34.6. The number of aromatic nitrogens is 3. The van der Waals surface area contributed by atoms with Gasteiger partial charge in [0.25, 0.3) is 0 Å². The number of benzene rings is 7. The summed E-state index contributed by atoms with van der Waals surface area (Å²) in [5, 5.41) is 5.36. The Kier molecular flexibility index (Phi) is 9.06. The van der Waals surface area contributed by atoms with Crippen LogP contribution < -0.4 is 5.19 Å². The van der Waals surface area contributed by atoms with Crippen LogP contribution in [0.3, 0.4) is 0 Å². The van der Waals surface area contributed by atoms with Crippen LogP contribution in [-0.2, 0) is 20.1 Å². The van der Waals surface area contributed by atoms with Crippen molar-refractivity contribution in [2.75, 3.05) is 0 Å². The van der Waals surface area contributed by atoms with E-state index in [4.69, 9.17) is 17.9 Å². The Morgan fingerprint density at radius 2 is 1.37 bits per heavy atom. The normalized spacial score (nSPS) is 12.6. The van der Waals surface area contributed by atoms with Crippen molar-refractivity contribution in [2.45, 2.75) is 26.5 Å². The monoisotopic (exact) mass is 961 g/mol. The second-order valence-electron chi connectivity index (χ2n) is 15.4. The SMILES string of the molecule is C[Si](C)(C)c1ccc(-c2[c-]cccc2)nc1.[2H]C([2H])([2H])c1ccc(-c2c[c-]c(-c3nc4ccccc4n3-c3cccc4c3oc3ccccc34)c3oc4ccccc4c23)cc1.[Ir]. The average molecular weight is 961 g/mol. The first-order valence-corrected chi connectivity index (χ1v) is 22.8. The van der Waals surface area contributed by atoms with Gasteiger partial charge in [-0.25, -0.2) is 0 Å². The summed E-state index contributed by atoms with van der Waals surface area (Å²) in [4.78, 5) is 9.67. The molecule has 11 rings (SSSR count). The Bertz CT molecular complexity index is 3390. The van der Waals surface area contributed by atoms with Crippen LogP contribution >= 0.6 is 0 Å². The van der Waals surface area contributed by atoms with Crippen molar-refractivity contribution in [2.24, 2.45) is 0 Å². The molecule has 0 saturated heterocycles. The van der Waals surface area contributed by atoms with Crippen molar-refractivity contribution in [3.05, 3.63) is 182 Å². The predicted octanol–water partition coefficient (Wildman–Crippen LogP) is 13.4. The number of imidazole rings is 1. The van der Waals surface area contributed by atoms with Crippen molar-refractivity contribution < 1.29 is 33.1 Å². The van der Waals surface area contributed by atoms with Gasteiger partial charge < -0.3 is 18.4 Å². The maximum Gasteiger partial charge on any atom is 0.158 e. The van der Waals surface area contributed by atoms with E-state index >= 15 is 0 Å². The maximum absolute atomic E-state index is 7.80. The molecule has 4 aromatic heterocycles. The fourth-order valence-corrected chi connectivity index (χ4v) is 8.75. The number of para-hydroxylation sites is 5. The molecule has 7 aromatic carbocycles. The molecule has 0 atom stereocenters. The summed E-state index contributed by atoms with van der Waals surface area (Å²) in [7, 11) is -1.23. The molecule has 0 fully saturated rings. The fraction of sp³-hybridized carbons (Fsp3) is 0.0769. The van der Waals surface area contributed by atoms with Crippen LogP contribution in [0.15, 0.2) is 173 Å². The first-order valence-electron chi connectivity index (χ1n) is 20.8. The molecule has 0 aliphatic carbocycles. The third kappa shape index (κ3) is 6.91. The summed E-state index contributed by atoms with van der Waals surface area (Å²) >= 11 is 0. The van der Waals surface area contributed by atoms with Crippen LogP contribution in [-0.4, -0.2) is 22.6 Å². The summed E-state index contributed by atoms with van der Waals surface area (Å²) in [5.41, 5.74) is 10.5.